The maximum atomic E-state index is 13.6. The third-order valence-corrected chi connectivity index (χ3v) is 11.4. The van der Waals surface area contributed by atoms with E-state index in [1.54, 1.807) is 36.4 Å². The molecule has 1 fully saturated rings. The van der Waals surface area contributed by atoms with Crippen LogP contribution in [0.1, 0.15) is 19.8 Å². The highest BCUT2D eigenvalue weighted by Gasteiger charge is 2.61. The van der Waals surface area contributed by atoms with Gasteiger partial charge >= 0.3 is 0 Å². The van der Waals surface area contributed by atoms with Gasteiger partial charge in [-0.1, -0.05) is 43.3 Å². The molecule has 0 aliphatic heterocycles. The monoisotopic (exact) mass is 412 g/mol. The van der Waals surface area contributed by atoms with Crippen molar-refractivity contribution in [3.8, 4) is 0 Å². The van der Waals surface area contributed by atoms with E-state index in [0.29, 0.717) is 0 Å². The van der Waals surface area contributed by atoms with E-state index in [1.165, 1.54) is 24.3 Å². The van der Waals surface area contributed by atoms with Crippen LogP contribution < -0.4 is 0 Å². The van der Waals surface area contributed by atoms with Gasteiger partial charge in [-0.2, -0.15) is 0 Å². The van der Waals surface area contributed by atoms with E-state index in [0.717, 1.165) is 0 Å². The largest absolute Gasteiger partial charge is 0.222 e. The van der Waals surface area contributed by atoms with Crippen molar-refractivity contribution in [2.24, 2.45) is 11.8 Å². The summed E-state index contributed by atoms with van der Waals surface area (Å²) >= 11 is 6.03. The first kappa shape index (κ1) is 19.4. The minimum Gasteiger partial charge on any atom is -0.222 e. The van der Waals surface area contributed by atoms with E-state index in [-0.39, 0.29) is 40.3 Å². The van der Waals surface area contributed by atoms with Crippen LogP contribution in [0.5, 0.6) is 0 Å². The SMILES string of the molecule is CC1CC(S(=O)(=O)c2ccccc2)(S(=O)(=O)c2ccccc2)CC1CCl. The van der Waals surface area contributed by atoms with Gasteiger partial charge in [-0.15, -0.1) is 11.6 Å². The molecule has 1 aliphatic carbocycles. The topological polar surface area (TPSA) is 68.3 Å². The third kappa shape index (κ3) is 2.88. The predicted molar refractivity (Wildman–Crippen MR) is 103 cm³/mol. The summed E-state index contributed by atoms with van der Waals surface area (Å²) in [6, 6.07) is 15.6. The second-order valence-electron chi connectivity index (χ2n) is 6.84. The number of hydrogen-bond acceptors (Lipinski definition) is 4. The number of benzene rings is 2. The van der Waals surface area contributed by atoms with Crippen LogP contribution in [0.25, 0.3) is 0 Å². The molecule has 4 nitrogen and oxygen atoms in total. The van der Waals surface area contributed by atoms with E-state index in [1.807, 2.05) is 6.92 Å². The van der Waals surface area contributed by atoms with Gasteiger partial charge in [0, 0.05) is 5.88 Å². The van der Waals surface area contributed by atoms with Gasteiger partial charge < -0.3 is 0 Å². The van der Waals surface area contributed by atoms with Crippen molar-refractivity contribution in [2.75, 3.05) is 5.88 Å². The third-order valence-electron chi connectivity index (χ3n) is 5.30. The molecule has 0 heterocycles. The average Bonchev–Trinajstić information content (AvgIpc) is 3.02. The van der Waals surface area contributed by atoms with Gasteiger partial charge in [0.25, 0.3) is 0 Å². The van der Waals surface area contributed by atoms with Crippen LogP contribution in [0.3, 0.4) is 0 Å². The van der Waals surface area contributed by atoms with Gasteiger partial charge in [-0.25, -0.2) is 16.8 Å². The molecule has 2 unspecified atom stereocenters. The smallest absolute Gasteiger partial charge is 0.198 e. The molecule has 0 aromatic heterocycles. The summed E-state index contributed by atoms with van der Waals surface area (Å²) in [4.78, 5) is 0.0591. The quantitative estimate of drug-likeness (QED) is 0.698. The van der Waals surface area contributed by atoms with Crippen LogP contribution in [0, 0.1) is 11.8 Å². The molecule has 0 bridgehead atoms. The number of sulfone groups is 2. The molecule has 2 aromatic carbocycles. The summed E-state index contributed by atoms with van der Waals surface area (Å²) in [6.45, 7) is 1.87. The highest BCUT2D eigenvalue weighted by Crippen LogP contribution is 2.52. The van der Waals surface area contributed by atoms with Crippen molar-refractivity contribution in [1.29, 1.82) is 0 Å². The van der Waals surface area contributed by atoms with Crippen molar-refractivity contribution in [3.05, 3.63) is 60.7 Å². The van der Waals surface area contributed by atoms with Crippen molar-refractivity contribution in [1.82, 2.24) is 0 Å². The lowest BCUT2D eigenvalue weighted by atomic mass is 10.0. The average molecular weight is 413 g/mol. The maximum absolute atomic E-state index is 13.6. The standard InChI is InChI=1S/C19H21ClO4S2/c1-15-12-19(13-16(15)14-20,25(21,22)17-8-4-2-5-9-17)26(23,24)18-10-6-3-7-11-18/h2-11,15-16H,12-14H2,1H3. The predicted octanol–water partition coefficient (Wildman–Crippen LogP) is 3.92. The number of hydrogen-bond donors (Lipinski definition) is 0. The lowest BCUT2D eigenvalue weighted by Crippen LogP contribution is -2.44. The van der Waals surface area contributed by atoms with E-state index in [4.69, 9.17) is 11.6 Å². The number of alkyl halides is 1. The molecule has 1 aliphatic rings. The Morgan fingerprint density at radius 1 is 0.846 bits per heavy atom. The Kier molecular flexibility index (Phi) is 5.21. The number of rotatable bonds is 5. The second kappa shape index (κ2) is 6.98. The zero-order valence-electron chi connectivity index (χ0n) is 14.4. The summed E-state index contributed by atoms with van der Waals surface area (Å²) in [5.41, 5.74) is 0. The molecule has 0 radical (unpaired) electrons. The molecule has 0 amide bonds. The first-order valence-electron chi connectivity index (χ1n) is 8.41. The molecule has 26 heavy (non-hydrogen) atoms. The fourth-order valence-electron chi connectivity index (χ4n) is 3.76. The van der Waals surface area contributed by atoms with E-state index in [2.05, 4.69) is 0 Å². The highest BCUT2D eigenvalue weighted by atomic mass is 35.5. The molecular weight excluding hydrogens is 392 g/mol. The van der Waals surface area contributed by atoms with E-state index < -0.39 is 23.8 Å². The van der Waals surface area contributed by atoms with Crippen molar-refractivity contribution in [2.45, 2.75) is 33.6 Å². The zero-order valence-corrected chi connectivity index (χ0v) is 16.8. The van der Waals surface area contributed by atoms with Crippen LogP contribution in [0.4, 0.5) is 0 Å². The molecule has 0 spiro atoms. The Balaban J connectivity index is 2.26. The first-order valence-corrected chi connectivity index (χ1v) is 11.9. The summed E-state index contributed by atoms with van der Waals surface area (Å²) in [5, 5.41) is 0. The molecule has 1 saturated carbocycles. The maximum Gasteiger partial charge on any atom is 0.198 e. The minimum absolute atomic E-state index is 0.00607. The summed E-state index contributed by atoms with van der Waals surface area (Å²) in [7, 11) is -8.26. The molecule has 3 rings (SSSR count). The second-order valence-corrected chi connectivity index (χ2v) is 11.9. The Morgan fingerprint density at radius 3 is 1.62 bits per heavy atom. The summed E-state index contributed by atoms with van der Waals surface area (Å²) < 4.78 is 52.3. The summed E-state index contributed by atoms with van der Waals surface area (Å²) in [6.07, 6.45) is 0.0466. The fourth-order valence-corrected chi connectivity index (χ4v) is 9.63. The van der Waals surface area contributed by atoms with Crippen molar-refractivity contribution in [3.63, 3.8) is 0 Å². The zero-order chi connectivity index (χ0) is 19.0. The summed E-state index contributed by atoms with van der Waals surface area (Å²) in [5.74, 6) is -0.0459. The molecule has 0 saturated heterocycles. The lowest BCUT2D eigenvalue weighted by Gasteiger charge is -2.29. The van der Waals surface area contributed by atoms with Gasteiger partial charge in [0.15, 0.2) is 23.8 Å². The normalized spacial score (nSPS) is 23.0. The van der Waals surface area contributed by atoms with Gasteiger partial charge in [0.05, 0.1) is 9.79 Å². The lowest BCUT2D eigenvalue weighted by molar-refractivity contribution is 0.462. The Bertz CT molecular complexity index is 901. The minimum atomic E-state index is -4.13. The Hall–Kier alpha value is -1.37. The van der Waals surface area contributed by atoms with Gasteiger partial charge in [-0.3, -0.25) is 0 Å². The highest BCUT2D eigenvalue weighted by molar-refractivity contribution is 8.10. The van der Waals surface area contributed by atoms with Crippen molar-refractivity contribution < 1.29 is 16.8 Å². The first-order chi connectivity index (χ1) is 12.3. The molecule has 2 aromatic rings. The van der Waals surface area contributed by atoms with E-state index >= 15 is 0 Å². The molecule has 140 valence electrons. The molecule has 7 heteroatoms. The Morgan fingerprint density at radius 2 is 1.27 bits per heavy atom. The van der Waals surface area contributed by atoms with E-state index in [9.17, 15) is 16.8 Å². The van der Waals surface area contributed by atoms with Gasteiger partial charge in [0.1, 0.15) is 0 Å². The van der Waals surface area contributed by atoms with Crippen LogP contribution in [0.15, 0.2) is 70.5 Å². The van der Waals surface area contributed by atoms with Crippen LogP contribution in [-0.4, -0.2) is 26.8 Å². The van der Waals surface area contributed by atoms with Crippen LogP contribution in [0.2, 0.25) is 0 Å². The van der Waals surface area contributed by atoms with Crippen LogP contribution >= 0.6 is 11.6 Å². The molecular formula is C19H21ClO4S2. The van der Waals surface area contributed by atoms with Crippen LogP contribution in [-0.2, 0) is 19.7 Å². The van der Waals surface area contributed by atoms with Gasteiger partial charge in [0.2, 0.25) is 0 Å². The van der Waals surface area contributed by atoms with Gasteiger partial charge in [-0.05, 0) is 48.9 Å². The molecule has 2 atom stereocenters. The fraction of sp³-hybridized carbons (Fsp3) is 0.368. The number of halogens is 1. The molecule has 0 N–H and O–H groups in total. The van der Waals surface area contributed by atoms with Crippen molar-refractivity contribution >= 4 is 31.3 Å². The Labute approximate surface area is 160 Å².